The Bertz CT molecular complexity index is 640. The number of amides is 2. The van der Waals surface area contributed by atoms with Gasteiger partial charge in [0.2, 0.25) is 11.8 Å². The summed E-state index contributed by atoms with van der Waals surface area (Å²) in [6, 6.07) is 0.333. The quantitative estimate of drug-likeness (QED) is 0.870. The van der Waals surface area contributed by atoms with Crippen LogP contribution in [0.15, 0.2) is 6.20 Å². The number of carbonyl (C=O) groups is 2. The molecule has 2 unspecified atom stereocenters. The SMILES string of the molecule is O=C(CCC(=O)N1CCC2OCc3cnnn3C2C1)NC1CCCC1. The molecule has 136 valence electrons. The molecular weight excluding hydrogens is 322 g/mol. The van der Waals surface area contributed by atoms with E-state index in [1.807, 2.05) is 9.58 Å². The van der Waals surface area contributed by atoms with E-state index >= 15 is 0 Å². The van der Waals surface area contributed by atoms with Gasteiger partial charge < -0.3 is 15.0 Å². The van der Waals surface area contributed by atoms with E-state index in [0.717, 1.165) is 25.0 Å². The summed E-state index contributed by atoms with van der Waals surface area (Å²) in [6.45, 7) is 1.78. The molecule has 2 aliphatic heterocycles. The smallest absolute Gasteiger partial charge is 0.223 e. The first kappa shape index (κ1) is 16.5. The second-order valence-corrected chi connectivity index (χ2v) is 7.26. The molecule has 25 heavy (non-hydrogen) atoms. The van der Waals surface area contributed by atoms with E-state index in [-0.39, 0.29) is 36.8 Å². The van der Waals surface area contributed by atoms with Crippen molar-refractivity contribution in [1.29, 1.82) is 0 Å². The van der Waals surface area contributed by atoms with Gasteiger partial charge in [-0.1, -0.05) is 18.1 Å². The summed E-state index contributed by atoms with van der Waals surface area (Å²) in [5.74, 6) is 0.0296. The molecule has 2 amide bonds. The Balaban J connectivity index is 1.29. The van der Waals surface area contributed by atoms with E-state index in [4.69, 9.17) is 4.74 Å². The summed E-state index contributed by atoms with van der Waals surface area (Å²) in [5.41, 5.74) is 0.950. The molecular formula is C17H25N5O3. The van der Waals surface area contributed by atoms with Gasteiger partial charge in [0.1, 0.15) is 0 Å². The summed E-state index contributed by atoms with van der Waals surface area (Å²) >= 11 is 0. The van der Waals surface area contributed by atoms with Gasteiger partial charge in [-0.25, -0.2) is 4.68 Å². The van der Waals surface area contributed by atoms with E-state index in [0.29, 0.717) is 25.7 Å². The van der Waals surface area contributed by atoms with Crippen molar-refractivity contribution >= 4 is 11.8 Å². The number of hydrogen-bond acceptors (Lipinski definition) is 5. The van der Waals surface area contributed by atoms with Crippen LogP contribution in [0.2, 0.25) is 0 Å². The van der Waals surface area contributed by atoms with Crippen LogP contribution in [-0.4, -0.2) is 56.9 Å². The number of nitrogens with zero attached hydrogens (tertiary/aromatic N) is 4. The van der Waals surface area contributed by atoms with E-state index < -0.39 is 0 Å². The summed E-state index contributed by atoms with van der Waals surface area (Å²) in [4.78, 5) is 26.4. The van der Waals surface area contributed by atoms with Crippen molar-refractivity contribution in [3.63, 3.8) is 0 Å². The normalized spacial score (nSPS) is 26.2. The summed E-state index contributed by atoms with van der Waals surface area (Å²) in [6.07, 6.45) is 7.63. The summed E-state index contributed by atoms with van der Waals surface area (Å²) < 4.78 is 7.75. The minimum absolute atomic E-state index is 0.00491. The first-order valence-corrected chi connectivity index (χ1v) is 9.28. The highest BCUT2D eigenvalue weighted by molar-refractivity contribution is 5.84. The molecule has 2 atom stereocenters. The van der Waals surface area contributed by atoms with E-state index in [1.165, 1.54) is 12.8 Å². The van der Waals surface area contributed by atoms with Crippen LogP contribution in [0, 0.1) is 0 Å². The van der Waals surface area contributed by atoms with Gasteiger partial charge >= 0.3 is 0 Å². The lowest BCUT2D eigenvalue weighted by Crippen LogP contribution is -2.50. The number of hydrogen-bond donors (Lipinski definition) is 1. The highest BCUT2D eigenvalue weighted by Gasteiger charge is 2.37. The van der Waals surface area contributed by atoms with Gasteiger partial charge in [0.05, 0.1) is 30.6 Å². The van der Waals surface area contributed by atoms with Gasteiger partial charge in [0.25, 0.3) is 0 Å². The molecule has 1 aromatic heterocycles. The van der Waals surface area contributed by atoms with Crippen molar-refractivity contribution in [3.8, 4) is 0 Å². The van der Waals surface area contributed by atoms with Crippen LogP contribution in [0.25, 0.3) is 0 Å². The molecule has 2 fully saturated rings. The molecule has 1 N–H and O–H groups in total. The fourth-order valence-electron chi connectivity index (χ4n) is 4.15. The Morgan fingerprint density at radius 2 is 2.08 bits per heavy atom. The number of rotatable bonds is 4. The minimum Gasteiger partial charge on any atom is -0.370 e. The average Bonchev–Trinajstić information content (AvgIpc) is 3.30. The third-order valence-corrected chi connectivity index (χ3v) is 5.57. The monoisotopic (exact) mass is 347 g/mol. The Kier molecular flexibility index (Phi) is 4.70. The minimum atomic E-state index is -0.00491. The largest absolute Gasteiger partial charge is 0.370 e. The zero-order valence-corrected chi connectivity index (χ0v) is 14.4. The molecule has 8 nitrogen and oxygen atoms in total. The average molecular weight is 347 g/mol. The lowest BCUT2D eigenvalue weighted by Gasteiger charge is -2.41. The number of carbonyl (C=O) groups excluding carboxylic acids is 2. The standard InChI is InChI=1S/C17H25N5O3/c23-16(19-12-3-1-2-4-12)5-6-17(24)21-8-7-15-14(10-21)22-13(11-25-15)9-18-20-22/h9,12,14-15H,1-8,10-11H2,(H,19,23). The fraction of sp³-hybridized carbons (Fsp3) is 0.765. The Labute approximate surface area is 146 Å². The molecule has 4 rings (SSSR count). The summed E-state index contributed by atoms with van der Waals surface area (Å²) in [7, 11) is 0. The molecule has 3 aliphatic rings. The maximum absolute atomic E-state index is 12.5. The Morgan fingerprint density at radius 1 is 1.24 bits per heavy atom. The second-order valence-electron chi connectivity index (χ2n) is 7.26. The van der Waals surface area contributed by atoms with Crippen LogP contribution >= 0.6 is 0 Å². The molecule has 0 bridgehead atoms. The van der Waals surface area contributed by atoms with Crippen LogP contribution in [0.4, 0.5) is 0 Å². The highest BCUT2D eigenvalue weighted by Crippen LogP contribution is 2.30. The van der Waals surface area contributed by atoms with Crippen LogP contribution in [0.3, 0.4) is 0 Å². The van der Waals surface area contributed by atoms with Gasteiger partial charge in [0.15, 0.2) is 0 Å². The van der Waals surface area contributed by atoms with Crippen molar-refractivity contribution in [1.82, 2.24) is 25.2 Å². The maximum Gasteiger partial charge on any atom is 0.223 e. The van der Waals surface area contributed by atoms with E-state index in [9.17, 15) is 9.59 Å². The first-order valence-electron chi connectivity index (χ1n) is 9.28. The Hall–Kier alpha value is -1.96. The molecule has 1 aromatic rings. The zero-order valence-electron chi connectivity index (χ0n) is 14.4. The molecule has 0 aromatic carbocycles. The number of piperidine rings is 1. The molecule has 1 aliphatic carbocycles. The van der Waals surface area contributed by atoms with Crippen LogP contribution in [-0.2, 0) is 20.9 Å². The maximum atomic E-state index is 12.5. The van der Waals surface area contributed by atoms with Crippen molar-refractivity contribution in [2.45, 2.75) is 69.7 Å². The van der Waals surface area contributed by atoms with E-state index in [2.05, 4.69) is 15.6 Å². The van der Waals surface area contributed by atoms with Crippen molar-refractivity contribution in [2.75, 3.05) is 13.1 Å². The molecule has 0 radical (unpaired) electrons. The summed E-state index contributed by atoms with van der Waals surface area (Å²) in [5, 5.41) is 11.1. The highest BCUT2D eigenvalue weighted by atomic mass is 16.5. The Morgan fingerprint density at radius 3 is 2.92 bits per heavy atom. The lowest BCUT2D eigenvalue weighted by molar-refractivity contribution is -0.139. The third kappa shape index (κ3) is 3.53. The van der Waals surface area contributed by atoms with E-state index in [1.54, 1.807) is 6.20 Å². The molecule has 8 heteroatoms. The molecule has 0 spiro atoms. The number of nitrogens with one attached hydrogen (secondary N) is 1. The lowest BCUT2D eigenvalue weighted by atomic mass is 10.00. The van der Waals surface area contributed by atoms with Crippen molar-refractivity contribution in [2.24, 2.45) is 0 Å². The van der Waals surface area contributed by atoms with Gasteiger partial charge in [-0.05, 0) is 19.3 Å². The number of aromatic nitrogens is 3. The van der Waals surface area contributed by atoms with Crippen molar-refractivity contribution < 1.29 is 14.3 Å². The number of ether oxygens (including phenoxy) is 1. The first-order chi connectivity index (χ1) is 12.2. The van der Waals surface area contributed by atoms with Gasteiger partial charge in [-0.3, -0.25) is 9.59 Å². The van der Waals surface area contributed by atoms with Gasteiger partial charge in [-0.2, -0.15) is 0 Å². The van der Waals surface area contributed by atoms with Gasteiger partial charge in [-0.15, -0.1) is 5.10 Å². The topological polar surface area (TPSA) is 89.3 Å². The third-order valence-electron chi connectivity index (χ3n) is 5.57. The number of likely N-dealkylation sites (tertiary alicyclic amines) is 1. The van der Waals surface area contributed by atoms with Crippen LogP contribution in [0.1, 0.15) is 56.7 Å². The van der Waals surface area contributed by atoms with Crippen LogP contribution in [0.5, 0.6) is 0 Å². The predicted molar refractivity (Wildman–Crippen MR) is 88.5 cm³/mol. The molecule has 3 heterocycles. The van der Waals surface area contributed by atoms with Gasteiger partial charge in [0, 0.05) is 32.0 Å². The number of fused-ring (bicyclic) bond motifs is 3. The zero-order chi connectivity index (χ0) is 17.2. The molecule has 1 saturated carbocycles. The molecule has 1 saturated heterocycles. The van der Waals surface area contributed by atoms with Crippen molar-refractivity contribution in [3.05, 3.63) is 11.9 Å². The second kappa shape index (κ2) is 7.11. The van der Waals surface area contributed by atoms with Crippen LogP contribution < -0.4 is 5.32 Å². The fourth-order valence-corrected chi connectivity index (χ4v) is 4.15. The predicted octanol–water partition coefficient (Wildman–Crippen LogP) is 0.789.